The molecule has 0 saturated heterocycles. The first-order valence-electron chi connectivity index (χ1n) is 5.65. The number of halogens is 1. The van der Waals surface area contributed by atoms with Gasteiger partial charge in [-0.05, 0) is 19.1 Å². The molecule has 1 aliphatic heterocycles. The van der Waals surface area contributed by atoms with Crippen molar-refractivity contribution in [2.75, 3.05) is 6.54 Å². The van der Waals surface area contributed by atoms with Gasteiger partial charge in [-0.15, -0.1) is 10.2 Å². The molecule has 1 aromatic carbocycles. The minimum absolute atomic E-state index is 0.246. The van der Waals surface area contributed by atoms with E-state index in [1.165, 1.54) is 6.07 Å². The average Bonchev–Trinajstić information content (AvgIpc) is 2.76. The third-order valence-electron chi connectivity index (χ3n) is 2.99. The first-order chi connectivity index (χ1) is 8.25. The predicted octanol–water partition coefficient (Wildman–Crippen LogP) is 1.50. The second-order valence-electron chi connectivity index (χ2n) is 4.25. The van der Waals surface area contributed by atoms with Crippen molar-refractivity contribution in [1.29, 1.82) is 0 Å². The van der Waals surface area contributed by atoms with Crippen LogP contribution in [0.25, 0.3) is 11.4 Å². The van der Waals surface area contributed by atoms with Crippen LogP contribution in [0.4, 0.5) is 4.39 Å². The van der Waals surface area contributed by atoms with Crippen LogP contribution in [0, 0.1) is 12.7 Å². The Bertz CT molecular complexity index is 562. The van der Waals surface area contributed by atoms with Crippen molar-refractivity contribution in [3.8, 4) is 11.4 Å². The topological polar surface area (TPSA) is 42.7 Å². The molecule has 0 spiro atoms. The SMILES string of the molecule is Cc1ccc(F)c(-c2nnc3n2CCNC3)c1. The van der Waals surface area contributed by atoms with Crippen molar-refractivity contribution in [2.24, 2.45) is 0 Å². The molecule has 0 radical (unpaired) electrons. The molecule has 17 heavy (non-hydrogen) atoms. The average molecular weight is 232 g/mol. The lowest BCUT2D eigenvalue weighted by Gasteiger charge is -2.16. The number of aryl methyl sites for hydroxylation is 1. The van der Waals surface area contributed by atoms with E-state index in [1.54, 1.807) is 6.07 Å². The summed E-state index contributed by atoms with van der Waals surface area (Å²) in [4.78, 5) is 0. The number of nitrogens with one attached hydrogen (secondary N) is 1. The highest BCUT2D eigenvalue weighted by Crippen LogP contribution is 2.23. The molecule has 3 rings (SSSR count). The normalized spacial score (nSPS) is 14.7. The van der Waals surface area contributed by atoms with E-state index in [-0.39, 0.29) is 5.82 Å². The van der Waals surface area contributed by atoms with Crippen molar-refractivity contribution >= 4 is 0 Å². The van der Waals surface area contributed by atoms with E-state index in [0.717, 1.165) is 24.5 Å². The largest absolute Gasteiger partial charge is 0.309 e. The van der Waals surface area contributed by atoms with Gasteiger partial charge in [-0.25, -0.2) is 4.39 Å². The molecule has 88 valence electrons. The quantitative estimate of drug-likeness (QED) is 0.810. The summed E-state index contributed by atoms with van der Waals surface area (Å²) < 4.78 is 15.8. The van der Waals surface area contributed by atoms with E-state index >= 15 is 0 Å². The van der Waals surface area contributed by atoms with Gasteiger partial charge in [0.25, 0.3) is 0 Å². The monoisotopic (exact) mass is 232 g/mol. The first kappa shape index (κ1) is 10.4. The summed E-state index contributed by atoms with van der Waals surface area (Å²) in [5.41, 5.74) is 1.55. The molecule has 1 aliphatic rings. The molecule has 0 atom stereocenters. The number of hydrogen-bond donors (Lipinski definition) is 1. The van der Waals surface area contributed by atoms with E-state index in [9.17, 15) is 4.39 Å². The van der Waals surface area contributed by atoms with Crippen LogP contribution < -0.4 is 5.32 Å². The number of fused-ring (bicyclic) bond motifs is 1. The summed E-state index contributed by atoms with van der Waals surface area (Å²) >= 11 is 0. The van der Waals surface area contributed by atoms with Gasteiger partial charge < -0.3 is 9.88 Å². The molecule has 2 heterocycles. The summed E-state index contributed by atoms with van der Waals surface area (Å²) in [6, 6.07) is 5.05. The van der Waals surface area contributed by atoms with Crippen LogP contribution in [0.1, 0.15) is 11.4 Å². The maximum atomic E-state index is 13.8. The number of benzene rings is 1. The number of aromatic nitrogens is 3. The molecule has 1 N–H and O–H groups in total. The molecule has 4 nitrogen and oxygen atoms in total. The maximum absolute atomic E-state index is 13.8. The number of nitrogens with zero attached hydrogens (tertiary/aromatic N) is 3. The minimum Gasteiger partial charge on any atom is -0.309 e. The Balaban J connectivity index is 2.15. The van der Waals surface area contributed by atoms with Gasteiger partial charge in [-0.1, -0.05) is 11.6 Å². The Kier molecular flexibility index (Phi) is 2.40. The predicted molar refractivity (Wildman–Crippen MR) is 61.9 cm³/mol. The Hall–Kier alpha value is -1.75. The van der Waals surface area contributed by atoms with Gasteiger partial charge >= 0.3 is 0 Å². The standard InChI is InChI=1S/C12H13FN4/c1-8-2-3-10(13)9(6-8)12-16-15-11-7-14-4-5-17(11)12/h2-3,6,14H,4-5,7H2,1H3. The molecule has 0 bridgehead atoms. The fourth-order valence-corrected chi connectivity index (χ4v) is 2.10. The lowest BCUT2D eigenvalue weighted by molar-refractivity contribution is 0.507. The van der Waals surface area contributed by atoms with E-state index in [4.69, 9.17) is 0 Å². The number of hydrogen-bond acceptors (Lipinski definition) is 3. The zero-order chi connectivity index (χ0) is 11.8. The number of rotatable bonds is 1. The van der Waals surface area contributed by atoms with Crippen LogP contribution in [0.15, 0.2) is 18.2 Å². The van der Waals surface area contributed by atoms with Gasteiger partial charge in [0.05, 0.1) is 12.1 Å². The van der Waals surface area contributed by atoms with E-state index < -0.39 is 0 Å². The minimum atomic E-state index is -0.246. The van der Waals surface area contributed by atoms with Gasteiger partial charge in [-0.3, -0.25) is 0 Å². The molecule has 0 aliphatic carbocycles. The molecule has 2 aromatic rings. The molecule has 5 heteroatoms. The van der Waals surface area contributed by atoms with Crippen molar-refractivity contribution in [2.45, 2.75) is 20.0 Å². The summed E-state index contributed by atoms with van der Waals surface area (Å²) in [7, 11) is 0. The molecule has 0 fully saturated rings. The third kappa shape index (κ3) is 1.72. The van der Waals surface area contributed by atoms with Crippen LogP contribution in [-0.2, 0) is 13.1 Å². The molecule has 0 amide bonds. The highest BCUT2D eigenvalue weighted by molar-refractivity contribution is 5.57. The van der Waals surface area contributed by atoms with Crippen molar-refractivity contribution < 1.29 is 4.39 Å². The van der Waals surface area contributed by atoms with Gasteiger partial charge in [0.1, 0.15) is 11.6 Å². The molecule has 0 saturated carbocycles. The lowest BCUT2D eigenvalue weighted by Crippen LogP contribution is -2.28. The van der Waals surface area contributed by atoms with Crippen LogP contribution >= 0.6 is 0 Å². The Labute approximate surface area is 98.5 Å². The summed E-state index contributed by atoms with van der Waals surface area (Å²) in [6.45, 7) is 4.29. The fraction of sp³-hybridized carbons (Fsp3) is 0.333. The Morgan fingerprint density at radius 1 is 1.35 bits per heavy atom. The summed E-state index contributed by atoms with van der Waals surface area (Å²) in [5.74, 6) is 1.25. The third-order valence-corrected chi connectivity index (χ3v) is 2.99. The molecule has 1 aromatic heterocycles. The highest BCUT2D eigenvalue weighted by atomic mass is 19.1. The maximum Gasteiger partial charge on any atom is 0.167 e. The Morgan fingerprint density at radius 3 is 3.12 bits per heavy atom. The van der Waals surface area contributed by atoms with Crippen molar-refractivity contribution in [1.82, 2.24) is 20.1 Å². The smallest absolute Gasteiger partial charge is 0.167 e. The van der Waals surface area contributed by atoms with Gasteiger partial charge in [0, 0.05) is 13.1 Å². The zero-order valence-electron chi connectivity index (χ0n) is 9.57. The second kappa shape index (κ2) is 3.92. The van der Waals surface area contributed by atoms with Crippen LogP contribution in [0.5, 0.6) is 0 Å². The molecule has 0 unspecified atom stereocenters. The van der Waals surface area contributed by atoms with E-state index in [0.29, 0.717) is 17.9 Å². The Morgan fingerprint density at radius 2 is 2.24 bits per heavy atom. The lowest BCUT2D eigenvalue weighted by atomic mass is 10.1. The summed E-state index contributed by atoms with van der Waals surface area (Å²) in [6.07, 6.45) is 0. The van der Waals surface area contributed by atoms with Gasteiger partial charge in [-0.2, -0.15) is 0 Å². The zero-order valence-corrected chi connectivity index (χ0v) is 9.57. The van der Waals surface area contributed by atoms with Crippen LogP contribution in [0.3, 0.4) is 0 Å². The van der Waals surface area contributed by atoms with Crippen LogP contribution in [0.2, 0.25) is 0 Å². The van der Waals surface area contributed by atoms with Gasteiger partial charge in [0.2, 0.25) is 0 Å². The van der Waals surface area contributed by atoms with Crippen molar-refractivity contribution in [3.05, 3.63) is 35.4 Å². The van der Waals surface area contributed by atoms with E-state index in [2.05, 4.69) is 15.5 Å². The van der Waals surface area contributed by atoms with Crippen LogP contribution in [-0.4, -0.2) is 21.3 Å². The fourth-order valence-electron chi connectivity index (χ4n) is 2.10. The second-order valence-corrected chi connectivity index (χ2v) is 4.25. The summed E-state index contributed by atoms with van der Waals surface area (Å²) in [5, 5.41) is 11.4. The van der Waals surface area contributed by atoms with Gasteiger partial charge in [0.15, 0.2) is 5.82 Å². The van der Waals surface area contributed by atoms with E-state index in [1.807, 2.05) is 17.6 Å². The molecular weight excluding hydrogens is 219 g/mol. The first-order valence-corrected chi connectivity index (χ1v) is 5.65. The molecular formula is C12H13FN4. The van der Waals surface area contributed by atoms with Crippen molar-refractivity contribution in [3.63, 3.8) is 0 Å². The highest BCUT2D eigenvalue weighted by Gasteiger charge is 2.18.